The third kappa shape index (κ3) is 3.72. The largest absolute Gasteiger partial charge is 0.481 e. The SMILES string of the molecule is CCC(CCCCl)C(=O)O. The first-order valence-electron chi connectivity index (χ1n) is 3.51. The van der Waals surface area contributed by atoms with Crippen molar-refractivity contribution in [3.8, 4) is 0 Å². The molecule has 0 rings (SSSR count). The minimum Gasteiger partial charge on any atom is -0.481 e. The second kappa shape index (κ2) is 5.54. The Labute approximate surface area is 66.2 Å². The van der Waals surface area contributed by atoms with Crippen LogP contribution in [-0.4, -0.2) is 17.0 Å². The molecule has 10 heavy (non-hydrogen) atoms. The zero-order chi connectivity index (χ0) is 7.98. The van der Waals surface area contributed by atoms with Crippen LogP contribution >= 0.6 is 11.6 Å². The Morgan fingerprint density at radius 2 is 2.30 bits per heavy atom. The van der Waals surface area contributed by atoms with Gasteiger partial charge in [-0.15, -0.1) is 11.6 Å². The number of carboxylic acid groups (broad SMARTS) is 1. The maximum Gasteiger partial charge on any atom is 0.306 e. The van der Waals surface area contributed by atoms with Crippen LogP contribution in [0.5, 0.6) is 0 Å². The van der Waals surface area contributed by atoms with E-state index in [2.05, 4.69) is 0 Å². The van der Waals surface area contributed by atoms with Gasteiger partial charge < -0.3 is 5.11 Å². The average molecular weight is 165 g/mol. The molecule has 0 saturated carbocycles. The molecule has 1 unspecified atom stereocenters. The average Bonchev–Trinajstić information content (AvgIpc) is 1.89. The fraction of sp³-hybridized carbons (Fsp3) is 0.857. The van der Waals surface area contributed by atoms with Crippen molar-refractivity contribution < 1.29 is 9.90 Å². The summed E-state index contributed by atoms with van der Waals surface area (Å²) in [6.07, 6.45) is 2.20. The van der Waals surface area contributed by atoms with Crippen LogP contribution in [0.4, 0.5) is 0 Å². The summed E-state index contributed by atoms with van der Waals surface area (Å²) in [7, 11) is 0. The van der Waals surface area contributed by atoms with Gasteiger partial charge in [0.05, 0.1) is 5.92 Å². The maximum absolute atomic E-state index is 10.4. The molecule has 0 aliphatic heterocycles. The lowest BCUT2D eigenvalue weighted by Gasteiger charge is -2.06. The number of alkyl halides is 1. The molecule has 1 atom stereocenters. The van der Waals surface area contributed by atoms with E-state index in [0.29, 0.717) is 18.7 Å². The van der Waals surface area contributed by atoms with Crippen LogP contribution in [0.15, 0.2) is 0 Å². The smallest absolute Gasteiger partial charge is 0.306 e. The number of halogens is 1. The second-order valence-corrected chi connectivity index (χ2v) is 2.65. The number of rotatable bonds is 5. The number of carbonyl (C=O) groups is 1. The predicted octanol–water partition coefficient (Wildman–Crippen LogP) is 2.12. The highest BCUT2D eigenvalue weighted by atomic mass is 35.5. The molecule has 0 aliphatic carbocycles. The summed E-state index contributed by atoms with van der Waals surface area (Å²) in [5.41, 5.74) is 0. The first-order chi connectivity index (χ1) is 4.72. The molecule has 0 bridgehead atoms. The monoisotopic (exact) mass is 164 g/mol. The van der Waals surface area contributed by atoms with Crippen LogP contribution in [0.3, 0.4) is 0 Å². The molecule has 0 radical (unpaired) electrons. The van der Waals surface area contributed by atoms with E-state index in [1.54, 1.807) is 0 Å². The molecule has 0 spiro atoms. The quantitative estimate of drug-likeness (QED) is 0.632. The van der Waals surface area contributed by atoms with E-state index in [-0.39, 0.29) is 5.92 Å². The maximum atomic E-state index is 10.4. The van der Waals surface area contributed by atoms with E-state index in [1.165, 1.54) is 0 Å². The predicted molar refractivity (Wildman–Crippen MR) is 41.4 cm³/mol. The Morgan fingerprint density at radius 1 is 1.70 bits per heavy atom. The van der Waals surface area contributed by atoms with Gasteiger partial charge in [-0.25, -0.2) is 0 Å². The van der Waals surface area contributed by atoms with E-state index in [4.69, 9.17) is 16.7 Å². The third-order valence-corrected chi connectivity index (χ3v) is 1.80. The molecule has 0 aliphatic rings. The van der Waals surface area contributed by atoms with Gasteiger partial charge in [-0.3, -0.25) is 4.79 Å². The van der Waals surface area contributed by atoms with E-state index < -0.39 is 5.97 Å². The molecule has 0 aromatic carbocycles. The normalized spacial score (nSPS) is 13.0. The van der Waals surface area contributed by atoms with Crippen molar-refractivity contribution in [2.75, 3.05) is 5.88 Å². The molecular weight excluding hydrogens is 152 g/mol. The second-order valence-electron chi connectivity index (χ2n) is 2.27. The lowest BCUT2D eigenvalue weighted by molar-refractivity contribution is -0.142. The van der Waals surface area contributed by atoms with E-state index >= 15 is 0 Å². The lowest BCUT2D eigenvalue weighted by Crippen LogP contribution is -2.12. The van der Waals surface area contributed by atoms with Crippen LogP contribution < -0.4 is 0 Å². The van der Waals surface area contributed by atoms with Crippen molar-refractivity contribution >= 4 is 17.6 Å². The van der Waals surface area contributed by atoms with Gasteiger partial charge in [0, 0.05) is 5.88 Å². The minimum atomic E-state index is -0.701. The fourth-order valence-corrected chi connectivity index (χ4v) is 0.980. The van der Waals surface area contributed by atoms with Crippen molar-refractivity contribution in [2.24, 2.45) is 5.92 Å². The molecule has 0 saturated heterocycles. The molecule has 0 fully saturated rings. The number of hydrogen-bond acceptors (Lipinski definition) is 1. The van der Waals surface area contributed by atoms with Crippen molar-refractivity contribution in [3.63, 3.8) is 0 Å². The first kappa shape index (κ1) is 9.76. The van der Waals surface area contributed by atoms with Crippen molar-refractivity contribution in [1.29, 1.82) is 0 Å². The summed E-state index contributed by atoms with van der Waals surface area (Å²) < 4.78 is 0. The number of hydrogen-bond donors (Lipinski definition) is 1. The van der Waals surface area contributed by atoms with Gasteiger partial charge in [-0.05, 0) is 19.3 Å². The van der Waals surface area contributed by atoms with Crippen molar-refractivity contribution in [1.82, 2.24) is 0 Å². The topological polar surface area (TPSA) is 37.3 Å². The highest BCUT2D eigenvalue weighted by Crippen LogP contribution is 2.10. The first-order valence-corrected chi connectivity index (χ1v) is 4.04. The van der Waals surface area contributed by atoms with Gasteiger partial charge in [-0.2, -0.15) is 0 Å². The molecular formula is C7H13ClO2. The standard InChI is InChI=1S/C7H13ClO2/c1-2-6(7(9)10)4-3-5-8/h6H,2-5H2,1H3,(H,9,10). The van der Waals surface area contributed by atoms with Crippen LogP contribution in [0.25, 0.3) is 0 Å². The lowest BCUT2D eigenvalue weighted by atomic mass is 10.0. The summed E-state index contributed by atoms with van der Waals surface area (Å²) in [5, 5.41) is 8.56. The molecule has 2 nitrogen and oxygen atoms in total. The number of aliphatic carboxylic acids is 1. The van der Waals surface area contributed by atoms with Crippen LogP contribution in [-0.2, 0) is 4.79 Å². The summed E-state index contributed by atoms with van der Waals surface area (Å²) in [6, 6.07) is 0. The highest BCUT2D eigenvalue weighted by Gasteiger charge is 2.13. The molecule has 0 heterocycles. The molecule has 60 valence electrons. The molecule has 0 aromatic rings. The van der Waals surface area contributed by atoms with E-state index in [0.717, 1.165) is 6.42 Å². The fourth-order valence-electron chi connectivity index (χ4n) is 0.826. The highest BCUT2D eigenvalue weighted by molar-refractivity contribution is 6.17. The molecule has 0 aromatic heterocycles. The van der Waals surface area contributed by atoms with Crippen molar-refractivity contribution in [3.05, 3.63) is 0 Å². The molecule has 1 N–H and O–H groups in total. The van der Waals surface area contributed by atoms with Gasteiger partial charge in [0.25, 0.3) is 0 Å². The minimum absolute atomic E-state index is 0.196. The Bertz CT molecular complexity index is 104. The summed E-state index contributed by atoms with van der Waals surface area (Å²) in [6.45, 7) is 1.88. The summed E-state index contributed by atoms with van der Waals surface area (Å²) in [5.74, 6) is -0.338. The van der Waals surface area contributed by atoms with Crippen LogP contribution in [0.1, 0.15) is 26.2 Å². The van der Waals surface area contributed by atoms with E-state index in [9.17, 15) is 4.79 Å². The van der Waals surface area contributed by atoms with Gasteiger partial charge in [0.15, 0.2) is 0 Å². The van der Waals surface area contributed by atoms with Crippen LogP contribution in [0.2, 0.25) is 0 Å². The zero-order valence-corrected chi connectivity index (χ0v) is 6.90. The summed E-state index contributed by atoms with van der Waals surface area (Å²) >= 11 is 5.41. The van der Waals surface area contributed by atoms with Gasteiger partial charge in [0.2, 0.25) is 0 Å². The van der Waals surface area contributed by atoms with Gasteiger partial charge >= 0.3 is 5.97 Å². The van der Waals surface area contributed by atoms with E-state index in [1.807, 2.05) is 6.92 Å². The van der Waals surface area contributed by atoms with Crippen LogP contribution in [0, 0.1) is 5.92 Å². The Morgan fingerprint density at radius 3 is 2.60 bits per heavy atom. The zero-order valence-electron chi connectivity index (χ0n) is 6.14. The number of carboxylic acids is 1. The Kier molecular flexibility index (Phi) is 5.40. The van der Waals surface area contributed by atoms with Gasteiger partial charge in [-0.1, -0.05) is 6.92 Å². The third-order valence-electron chi connectivity index (χ3n) is 1.53. The van der Waals surface area contributed by atoms with Gasteiger partial charge in [0.1, 0.15) is 0 Å². The molecule has 0 amide bonds. The summed E-state index contributed by atoms with van der Waals surface area (Å²) in [4.78, 5) is 10.4. The molecule has 3 heteroatoms. The Hall–Kier alpha value is -0.240. The van der Waals surface area contributed by atoms with Crippen molar-refractivity contribution in [2.45, 2.75) is 26.2 Å². The Balaban J connectivity index is 3.50.